The van der Waals surface area contributed by atoms with Gasteiger partial charge in [0.15, 0.2) is 0 Å². The van der Waals surface area contributed by atoms with E-state index in [1.54, 1.807) is 6.20 Å². The fraction of sp³-hybridized carbons (Fsp3) is 0.111. The van der Waals surface area contributed by atoms with Gasteiger partial charge in [0.25, 0.3) is 0 Å². The molecule has 0 atom stereocenters. The van der Waals surface area contributed by atoms with E-state index in [0.29, 0.717) is 0 Å². The van der Waals surface area contributed by atoms with Crippen molar-refractivity contribution in [3.05, 3.63) is 150 Å². The zero-order valence-corrected chi connectivity index (χ0v) is 25.5. The molecule has 40 heavy (non-hydrogen) atoms. The largest absolute Gasteiger partial charge is 0.305 e. The first-order chi connectivity index (χ1) is 19.0. The Morgan fingerprint density at radius 2 is 1.27 bits per heavy atom. The van der Waals surface area contributed by atoms with E-state index in [-0.39, 0.29) is 20.1 Å². The summed E-state index contributed by atoms with van der Waals surface area (Å²) in [7, 11) is 0. The molecule has 1 radical (unpaired) electrons. The monoisotopic (exact) mass is 698 g/mol. The van der Waals surface area contributed by atoms with Crippen LogP contribution >= 0.6 is 0 Å². The van der Waals surface area contributed by atoms with Crippen LogP contribution in [-0.4, -0.2) is 14.8 Å². The fourth-order valence-corrected chi connectivity index (χ4v) is 4.91. The van der Waals surface area contributed by atoms with Gasteiger partial charge in [-0.25, -0.2) is 0 Å². The van der Waals surface area contributed by atoms with E-state index in [1.807, 2.05) is 53.3 Å². The third kappa shape index (κ3) is 6.54. The first kappa shape index (κ1) is 28.9. The molecule has 2 heterocycles. The molecule has 0 N–H and O–H groups in total. The van der Waals surface area contributed by atoms with Gasteiger partial charge in [0.05, 0.1) is 6.20 Å². The molecule has 2 aromatic heterocycles. The second-order valence-electron chi connectivity index (χ2n) is 9.66. The van der Waals surface area contributed by atoms with Gasteiger partial charge in [-0.05, 0) is 61.8 Å². The average molecular weight is 698 g/mol. The number of aromatic nitrogens is 3. The predicted octanol–water partition coefficient (Wildman–Crippen LogP) is 8.79. The number of hydrogen-bond donors (Lipinski definition) is 0. The number of rotatable bonds is 4. The first-order valence-corrected chi connectivity index (χ1v) is 13.1. The Morgan fingerprint density at radius 1 is 0.625 bits per heavy atom. The van der Waals surface area contributed by atoms with Crippen molar-refractivity contribution in [2.75, 3.05) is 0 Å². The molecule has 3 nitrogen and oxygen atoms in total. The van der Waals surface area contributed by atoms with E-state index in [0.717, 1.165) is 22.5 Å². The summed E-state index contributed by atoms with van der Waals surface area (Å²) in [6.45, 7) is 8.59. The first-order valence-electron chi connectivity index (χ1n) is 13.1. The van der Waals surface area contributed by atoms with Crippen molar-refractivity contribution in [3.63, 3.8) is 0 Å². The van der Waals surface area contributed by atoms with Crippen molar-refractivity contribution < 1.29 is 20.1 Å². The molecule has 0 saturated carbocycles. The van der Waals surface area contributed by atoms with Gasteiger partial charge in [-0.1, -0.05) is 65.2 Å². The van der Waals surface area contributed by atoms with E-state index in [2.05, 4.69) is 111 Å². The van der Waals surface area contributed by atoms with Crippen LogP contribution in [0.1, 0.15) is 22.3 Å². The second kappa shape index (κ2) is 13.3. The number of benzene rings is 4. The van der Waals surface area contributed by atoms with E-state index in [4.69, 9.17) is 0 Å². The van der Waals surface area contributed by atoms with E-state index >= 15 is 0 Å². The van der Waals surface area contributed by atoms with Crippen molar-refractivity contribution in [2.45, 2.75) is 27.7 Å². The summed E-state index contributed by atoms with van der Waals surface area (Å²) >= 11 is 0. The van der Waals surface area contributed by atoms with Crippen LogP contribution in [0.2, 0.25) is 0 Å². The number of hydrogen-bond acceptors (Lipinski definition) is 2. The van der Waals surface area contributed by atoms with Crippen LogP contribution in [0.25, 0.3) is 39.2 Å². The van der Waals surface area contributed by atoms with Gasteiger partial charge in [-0.2, -0.15) is 23.3 Å². The van der Waals surface area contributed by atoms with E-state index in [1.165, 1.54) is 38.9 Å². The average Bonchev–Trinajstić information content (AvgIpc) is 3.44. The molecule has 0 spiro atoms. The maximum Gasteiger partial charge on any atom is 0.0572 e. The molecule has 4 aromatic carbocycles. The number of pyridine rings is 1. The Hall–Kier alpha value is -4.11. The molecular formula is C36H31IrN3-2. The van der Waals surface area contributed by atoms with Gasteiger partial charge in [-0.3, -0.25) is 4.68 Å². The maximum absolute atomic E-state index is 4.57. The minimum Gasteiger partial charge on any atom is -0.305 e. The number of nitrogens with zero attached hydrogens (tertiary/aromatic N) is 3. The quantitative estimate of drug-likeness (QED) is 0.173. The minimum atomic E-state index is 0. The number of aryl methyl sites for hydroxylation is 4. The van der Waals surface area contributed by atoms with Crippen molar-refractivity contribution in [1.82, 2.24) is 14.8 Å². The van der Waals surface area contributed by atoms with Crippen LogP contribution < -0.4 is 0 Å². The SMILES string of the molecule is Cc1cccc(C)c1-c1c[c-]c(-n2cc(-c3c(C)cccc3C)cn2)cc1.[Ir].[c-]1ccccc1-c1ccccn1. The summed E-state index contributed by atoms with van der Waals surface area (Å²) in [5.41, 5.74) is 12.9. The van der Waals surface area contributed by atoms with Crippen LogP contribution in [0.4, 0.5) is 0 Å². The second-order valence-corrected chi connectivity index (χ2v) is 9.66. The summed E-state index contributed by atoms with van der Waals surface area (Å²) in [4.78, 5) is 4.22. The molecule has 0 aliphatic heterocycles. The topological polar surface area (TPSA) is 30.7 Å². The van der Waals surface area contributed by atoms with Gasteiger partial charge in [0.2, 0.25) is 0 Å². The van der Waals surface area contributed by atoms with Crippen molar-refractivity contribution in [2.24, 2.45) is 0 Å². The maximum atomic E-state index is 4.57. The molecule has 0 aliphatic carbocycles. The molecular weight excluding hydrogens is 667 g/mol. The normalized spacial score (nSPS) is 10.3. The molecule has 6 aromatic rings. The van der Waals surface area contributed by atoms with Gasteiger partial charge in [0, 0.05) is 38.1 Å². The van der Waals surface area contributed by atoms with Crippen LogP contribution in [-0.2, 0) is 20.1 Å². The van der Waals surface area contributed by atoms with Crippen LogP contribution in [0.15, 0.2) is 116 Å². The van der Waals surface area contributed by atoms with Crippen LogP contribution in [0.3, 0.4) is 0 Å². The summed E-state index contributed by atoms with van der Waals surface area (Å²) < 4.78 is 1.90. The van der Waals surface area contributed by atoms with Crippen molar-refractivity contribution >= 4 is 0 Å². The molecule has 0 unspecified atom stereocenters. The Morgan fingerprint density at radius 3 is 1.82 bits per heavy atom. The smallest absolute Gasteiger partial charge is 0.0572 e. The molecule has 201 valence electrons. The Labute approximate surface area is 250 Å². The third-order valence-electron chi connectivity index (χ3n) is 6.82. The Balaban J connectivity index is 0.000000238. The van der Waals surface area contributed by atoms with Crippen molar-refractivity contribution in [1.29, 1.82) is 0 Å². The van der Waals surface area contributed by atoms with Gasteiger partial charge in [-0.15, -0.1) is 47.5 Å². The molecule has 6 rings (SSSR count). The molecule has 0 fully saturated rings. The van der Waals surface area contributed by atoms with Crippen molar-refractivity contribution in [3.8, 4) is 39.2 Å². The third-order valence-corrected chi connectivity index (χ3v) is 6.82. The molecule has 0 amide bonds. The van der Waals surface area contributed by atoms with E-state index in [9.17, 15) is 0 Å². The van der Waals surface area contributed by atoms with Gasteiger partial charge < -0.3 is 4.98 Å². The fourth-order valence-electron chi connectivity index (χ4n) is 4.91. The molecule has 4 heteroatoms. The van der Waals surface area contributed by atoms with Crippen LogP contribution in [0.5, 0.6) is 0 Å². The zero-order chi connectivity index (χ0) is 27.2. The molecule has 0 bridgehead atoms. The minimum absolute atomic E-state index is 0. The molecule has 0 aliphatic rings. The predicted molar refractivity (Wildman–Crippen MR) is 161 cm³/mol. The zero-order valence-electron chi connectivity index (χ0n) is 23.1. The standard InChI is InChI=1S/C25H23N2.C11H8N.Ir/c1-17-7-5-8-18(2)24(17)21-11-13-23(14-12-21)27-16-22(15-26-27)25-19(3)9-6-10-20(25)4;1-2-6-10(7-3-1)11-8-4-5-9-12-11;/h5-13,15-16H,1-4H3;1-6,8-9H;/q2*-1;. The van der Waals surface area contributed by atoms with E-state index < -0.39 is 0 Å². The van der Waals surface area contributed by atoms with Gasteiger partial charge in [0.1, 0.15) is 0 Å². The Bertz CT molecular complexity index is 1590. The van der Waals surface area contributed by atoms with Gasteiger partial charge >= 0.3 is 0 Å². The molecule has 0 saturated heterocycles. The van der Waals surface area contributed by atoms with Crippen LogP contribution in [0, 0.1) is 39.8 Å². The summed E-state index contributed by atoms with van der Waals surface area (Å²) in [6.07, 6.45) is 5.80. The summed E-state index contributed by atoms with van der Waals surface area (Å²) in [6, 6.07) is 39.3. The Kier molecular flexibility index (Phi) is 9.60. The summed E-state index contributed by atoms with van der Waals surface area (Å²) in [5.74, 6) is 0. The summed E-state index contributed by atoms with van der Waals surface area (Å²) in [5, 5.41) is 4.57.